The number of H-pyrrole nitrogens is 2. The summed E-state index contributed by atoms with van der Waals surface area (Å²) in [6.07, 6.45) is 10.7. The van der Waals surface area contributed by atoms with Crippen molar-refractivity contribution >= 4 is 11.8 Å². The van der Waals surface area contributed by atoms with Crippen molar-refractivity contribution in [3.8, 4) is 33.8 Å². The van der Waals surface area contributed by atoms with Crippen LogP contribution in [0.3, 0.4) is 0 Å². The lowest BCUT2D eigenvalue weighted by atomic mass is 9.99. The predicted octanol–water partition coefficient (Wildman–Crippen LogP) is 6.84. The number of nitrogens with zero attached hydrogens (tertiary/aromatic N) is 5. The molecule has 3 aliphatic rings. The molecular formula is C39H41N7O3. The first-order valence-electron chi connectivity index (χ1n) is 17.5. The highest BCUT2D eigenvalue weighted by atomic mass is 16.5. The van der Waals surface area contributed by atoms with E-state index in [0.717, 1.165) is 103 Å². The smallest absolute Gasteiger partial charge is 0.252 e. The number of pyridine rings is 1. The normalized spacial score (nSPS) is 21.4. The molecule has 3 aromatic heterocycles. The van der Waals surface area contributed by atoms with Gasteiger partial charge in [-0.25, -0.2) is 9.97 Å². The van der Waals surface area contributed by atoms with Crippen LogP contribution in [0, 0.1) is 0 Å². The second-order valence-electron chi connectivity index (χ2n) is 13.4. The van der Waals surface area contributed by atoms with Crippen LogP contribution in [0.2, 0.25) is 0 Å². The molecule has 6 heterocycles. The third kappa shape index (κ3) is 6.17. The molecule has 4 atom stereocenters. The predicted molar refractivity (Wildman–Crippen MR) is 186 cm³/mol. The van der Waals surface area contributed by atoms with Crippen LogP contribution in [-0.4, -0.2) is 72.3 Å². The Kier molecular flexibility index (Phi) is 8.55. The van der Waals surface area contributed by atoms with Gasteiger partial charge in [0, 0.05) is 37.0 Å². The third-order valence-electron chi connectivity index (χ3n) is 10.3. The number of carbonyl (C=O) groups excluding carboxylic acids is 2. The first-order chi connectivity index (χ1) is 24.0. The Hall–Kier alpha value is -5.09. The van der Waals surface area contributed by atoms with Crippen molar-refractivity contribution in [2.75, 3.05) is 19.7 Å². The summed E-state index contributed by atoms with van der Waals surface area (Å²) in [6, 6.07) is 22.2. The highest BCUT2D eigenvalue weighted by Crippen LogP contribution is 2.36. The average Bonchev–Trinajstić information content (AvgIpc) is 4.00. The largest absolute Gasteiger partial charge is 0.368 e. The fourth-order valence-electron chi connectivity index (χ4n) is 7.57. The maximum Gasteiger partial charge on any atom is 0.252 e. The van der Waals surface area contributed by atoms with E-state index in [1.807, 2.05) is 77.8 Å². The van der Waals surface area contributed by atoms with Gasteiger partial charge in [0.1, 0.15) is 17.8 Å². The standard InChI is InChI=1S/C39H41N7O3/c1-25(26-8-3-2-4-9-26)38(47)45-19-5-10-33(45)36-41-23-31(43-36)28-15-13-27(14-16-28)30-18-17-29(22-40-30)32-24-42-37(44-32)34-11-6-20-46(34)39(48)35-12-7-21-49-35/h2-4,8-9,13-18,22-25,33-35H,5-7,10-12,19-21H2,1H3,(H,41,43)(H,42,44)/t25-,33+,34+,35-/m1/s1. The number of nitrogens with one attached hydrogen (secondary N) is 2. The second-order valence-corrected chi connectivity index (χ2v) is 13.4. The molecule has 2 amide bonds. The molecule has 0 unspecified atom stereocenters. The zero-order valence-corrected chi connectivity index (χ0v) is 27.7. The topological polar surface area (TPSA) is 120 Å². The third-order valence-corrected chi connectivity index (χ3v) is 10.3. The number of hydrogen-bond acceptors (Lipinski definition) is 6. The van der Waals surface area contributed by atoms with E-state index in [4.69, 9.17) is 14.7 Å². The molecule has 0 spiro atoms. The van der Waals surface area contributed by atoms with Crippen molar-refractivity contribution in [3.05, 3.63) is 103 Å². The minimum absolute atomic E-state index is 0.0496. The van der Waals surface area contributed by atoms with Crippen LogP contribution >= 0.6 is 0 Å². The molecular weight excluding hydrogens is 614 g/mol. The van der Waals surface area contributed by atoms with E-state index in [1.165, 1.54) is 0 Å². The maximum absolute atomic E-state index is 13.5. The molecule has 2 aromatic carbocycles. The Morgan fingerprint density at radius 1 is 0.714 bits per heavy atom. The maximum atomic E-state index is 13.5. The van der Waals surface area contributed by atoms with Gasteiger partial charge in [-0.2, -0.15) is 0 Å². The summed E-state index contributed by atoms with van der Waals surface area (Å²) in [4.78, 5) is 51.6. The Morgan fingerprint density at radius 2 is 1.35 bits per heavy atom. The summed E-state index contributed by atoms with van der Waals surface area (Å²) in [5.41, 5.74) is 6.69. The molecule has 8 rings (SSSR count). The quantitative estimate of drug-likeness (QED) is 0.189. The molecule has 5 aromatic rings. The van der Waals surface area contributed by atoms with Crippen molar-refractivity contribution in [1.82, 2.24) is 34.7 Å². The molecule has 3 saturated heterocycles. The lowest BCUT2D eigenvalue weighted by Gasteiger charge is -2.26. The van der Waals surface area contributed by atoms with E-state index in [2.05, 4.69) is 39.2 Å². The minimum atomic E-state index is -0.313. The van der Waals surface area contributed by atoms with Gasteiger partial charge in [-0.05, 0) is 68.7 Å². The number of imidazole rings is 2. The highest BCUT2D eigenvalue weighted by molar-refractivity contribution is 5.84. The SMILES string of the molecule is C[C@@H](C(=O)N1CCC[C@H]1c1ncc(-c2ccc(-c3ccc(-c4cnc([C@@H]5CCCN5C(=O)[C@H]5CCCO5)[nH]4)cn3)cc2)[nH]1)c1ccccc1. The number of ether oxygens (including phenoxy) is 1. The molecule has 2 N–H and O–H groups in total. The van der Waals surface area contributed by atoms with Gasteiger partial charge < -0.3 is 24.5 Å². The van der Waals surface area contributed by atoms with E-state index in [1.54, 1.807) is 0 Å². The van der Waals surface area contributed by atoms with Crippen LogP contribution in [0.25, 0.3) is 33.8 Å². The molecule has 0 aliphatic carbocycles. The Bertz CT molecular complexity index is 1910. The van der Waals surface area contributed by atoms with Gasteiger partial charge in [-0.15, -0.1) is 0 Å². The molecule has 10 heteroatoms. The zero-order valence-electron chi connectivity index (χ0n) is 27.7. The van der Waals surface area contributed by atoms with E-state index in [0.29, 0.717) is 6.61 Å². The van der Waals surface area contributed by atoms with Crippen LogP contribution in [0.1, 0.15) is 80.7 Å². The number of benzene rings is 2. The Morgan fingerprint density at radius 3 is 2.00 bits per heavy atom. The van der Waals surface area contributed by atoms with E-state index in [-0.39, 0.29) is 35.9 Å². The molecule has 250 valence electrons. The van der Waals surface area contributed by atoms with Crippen LogP contribution < -0.4 is 0 Å². The molecule has 10 nitrogen and oxygen atoms in total. The van der Waals surface area contributed by atoms with Gasteiger partial charge in [0.2, 0.25) is 5.91 Å². The average molecular weight is 656 g/mol. The van der Waals surface area contributed by atoms with Crippen molar-refractivity contribution in [2.45, 2.75) is 69.6 Å². The van der Waals surface area contributed by atoms with Crippen molar-refractivity contribution in [1.29, 1.82) is 0 Å². The first kappa shape index (κ1) is 31.2. The molecule has 3 fully saturated rings. The fraction of sp³-hybridized carbons (Fsp3) is 0.359. The van der Waals surface area contributed by atoms with Crippen molar-refractivity contribution < 1.29 is 14.3 Å². The van der Waals surface area contributed by atoms with Gasteiger partial charge in [-0.3, -0.25) is 14.6 Å². The number of likely N-dealkylation sites (tertiary alicyclic amines) is 2. The van der Waals surface area contributed by atoms with Crippen LogP contribution in [-0.2, 0) is 14.3 Å². The Balaban J connectivity index is 0.923. The monoisotopic (exact) mass is 655 g/mol. The number of amides is 2. The molecule has 3 aliphatic heterocycles. The number of aromatic amines is 2. The summed E-state index contributed by atoms with van der Waals surface area (Å²) >= 11 is 0. The second kappa shape index (κ2) is 13.4. The summed E-state index contributed by atoms with van der Waals surface area (Å²) in [6.45, 7) is 4.14. The lowest BCUT2D eigenvalue weighted by molar-refractivity contribution is -0.142. The van der Waals surface area contributed by atoms with Crippen molar-refractivity contribution in [3.63, 3.8) is 0 Å². The van der Waals surface area contributed by atoms with Crippen LogP contribution in [0.4, 0.5) is 0 Å². The summed E-state index contributed by atoms with van der Waals surface area (Å²) in [5.74, 6) is 1.68. The van der Waals surface area contributed by atoms with E-state index in [9.17, 15) is 9.59 Å². The van der Waals surface area contributed by atoms with E-state index >= 15 is 0 Å². The number of carbonyl (C=O) groups is 2. The Labute approximate surface area is 286 Å². The van der Waals surface area contributed by atoms with Gasteiger partial charge in [0.25, 0.3) is 5.91 Å². The fourth-order valence-corrected chi connectivity index (χ4v) is 7.57. The van der Waals surface area contributed by atoms with Gasteiger partial charge in [-0.1, -0.05) is 54.6 Å². The summed E-state index contributed by atoms with van der Waals surface area (Å²) in [7, 11) is 0. The number of rotatable bonds is 8. The zero-order chi connectivity index (χ0) is 33.3. The lowest BCUT2D eigenvalue weighted by Crippen LogP contribution is -2.38. The van der Waals surface area contributed by atoms with E-state index < -0.39 is 0 Å². The number of aromatic nitrogens is 5. The molecule has 0 saturated carbocycles. The molecule has 0 bridgehead atoms. The minimum Gasteiger partial charge on any atom is -0.368 e. The molecule has 49 heavy (non-hydrogen) atoms. The first-order valence-corrected chi connectivity index (χ1v) is 17.5. The van der Waals surface area contributed by atoms with Gasteiger partial charge >= 0.3 is 0 Å². The van der Waals surface area contributed by atoms with Gasteiger partial charge in [0.05, 0.1) is 47.5 Å². The summed E-state index contributed by atoms with van der Waals surface area (Å²) < 4.78 is 5.67. The number of hydrogen-bond donors (Lipinski definition) is 2. The van der Waals surface area contributed by atoms with Gasteiger partial charge in [0.15, 0.2) is 0 Å². The highest BCUT2D eigenvalue weighted by Gasteiger charge is 2.37. The summed E-state index contributed by atoms with van der Waals surface area (Å²) in [5, 5.41) is 0. The van der Waals surface area contributed by atoms with Crippen molar-refractivity contribution in [2.24, 2.45) is 0 Å². The van der Waals surface area contributed by atoms with Crippen LogP contribution in [0.5, 0.6) is 0 Å². The molecule has 0 radical (unpaired) electrons. The van der Waals surface area contributed by atoms with Crippen LogP contribution in [0.15, 0.2) is 85.3 Å².